The maximum Gasteiger partial charge on any atom is 0.241 e. The molecule has 0 saturated carbocycles. The van der Waals surface area contributed by atoms with Gasteiger partial charge in [0, 0.05) is 38.3 Å². The zero-order valence-corrected chi connectivity index (χ0v) is 15.5. The highest BCUT2D eigenvalue weighted by Gasteiger charge is 2.30. The van der Waals surface area contributed by atoms with Gasteiger partial charge in [-0.25, -0.2) is 0 Å². The molecule has 3 heterocycles. The Morgan fingerprint density at radius 3 is 2.77 bits per heavy atom. The van der Waals surface area contributed by atoms with E-state index >= 15 is 0 Å². The van der Waals surface area contributed by atoms with Crippen molar-refractivity contribution in [3.8, 4) is 11.3 Å². The van der Waals surface area contributed by atoms with Crippen molar-refractivity contribution in [2.45, 2.75) is 25.4 Å². The van der Waals surface area contributed by atoms with Crippen molar-refractivity contribution < 1.29 is 9.21 Å². The van der Waals surface area contributed by atoms with E-state index < -0.39 is 0 Å². The molecule has 4 rings (SSSR count). The summed E-state index contributed by atoms with van der Waals surface area (Å²) < 4.78 is 6.01. The number of nitrogens with one attached hydrogen (secondary N) is 1. The predicted molar refractivity (Wildman–Crippen MR) is 102 cm³/mol. The van der Waals surface area contributed by atoms with Gasteiger partial charge in [-0.2, -0.15) is 0 Å². The summed E-state index contributed by atoms with van der Waals surface area (Å²) in [7, 11) is 0. The van der Waals surface area contributed by atoms with Crippen molar-refractivity contribution in [3.63, 3.8) is 0 Å². The van der Waals surface area contributed by atoms with Crippen LogP contribution in [-0.4, -0.2) is 54.5 Å². The minimum atomic E-state index is -0.111. The summed E-state index contributed by atoms with van der Waals surface area (Å²) in [5.74, 6) is 1.92. The van der Waals surface area contributed by atoms with Crippen molar-refractivity contribution in [2.75, 3.05) is 32.7 Å². The lowest BCUT2D eigenvalue weighted by Crippen LogP contribution is -2.57. The highest BCUT2D eigenvalue weighted by molar-refractivity contribution is 6.33. The second kappa shape index (κ2) is 7.82. The minimum absolute atomic E-state index is 0.111. The van der Waals surface area contributed by atoms with E-state index in [0.717, 1.165) is 62.6 Å². The molecule has 2 aromatic rings. The Morgan fingerprint density at radius 2 is 1.96 bits per heavy atom. The van der Waals surface area contributed by atoms with Gasteiger partial charge in [0.25, 0.3) is 0 Å². The Hall–Kier alpha value is -1.82. The molecule has 2 aliphatic rings. The molecule has 0 radical (unpaired) electrons. The van der Waals surface area contributed by atoms with Crippen LogP contribution in [0.2, 0.25) is 5.02 Å². The zero-order valence-electron chi connectivity index (χ0n) is 14.8. The van der Waals surface area contributed by atoms with Gasteiger partial charge in [0.05, 0.1) is 17.6 Å². The number of furan rings is 1. The Bertz CT molecular complexity index is 770. The fourth-order valence-electron chi connectivity index (χ4n) is 3.77. The normalized spacial score (nSPS) is 21.3. The largest absolute Gasteiger partial charge is 0.460 e. The molecule has 6 heteroatoms. The summed E-state index contributed by atoms with van der Waals surface area (Å²) in [4.78, 5) is 16.9. The van der Waals surface area contributed by atoms with Crippen molar-refractivity contribution in [2.24, 2.45) is 0 Å². The maximum absolute atomic E-state index is 12.6. The molecule has 2 saturated heterocycles. The Balaban J connectivity index is 1.39. The van der Waals surface area contributed by atoms with Gasteiger partial charge in [0.2, 0.25) is 5.91 Å². The van der Waals surface area contributed by atoms with Gasteiger partial charge < -0.3 is 14.6 Å². The number of rotatable bonds is 4. The van der Waals surface area contributed by atoms with Gasteiger partial charge >= 0.3 is 0 Å². The van der Waals surface area contributed by atoms with Crippen LogP contribution in [0.4, 0.5) is 0 Å². The minimum Gasteiger partial charge on any atom is -0.460 e. The summed E-state index contributed by atoms with van der Waals surface area (Å²) in [5, 5.41) is 4.06. The Labute approximate surface area is 158 Å². The van der Waals surface area contributed by atoms with Gasteiger partial charge in [0.15, 0.2) is 0 Å². The highest BCUT2D eigenvalue weighted by atomic mass is 35.5. The van der Waals surface area contributed by atoms with Crippen LogP contribution in [-0.2, 0) is 11.3 Å². The van der Waals surface area contributed by atoms with E-state index in [2.05, 4.69) is 10.2 Å². The van der Waals surface area contributed by atoms with Crippen molar-refractivity contribution in [3.05, 3.63) is 47.2 Å². The molecule has 1 atom stereocenters. The number of carbonyl (C=O) groups excluding carboxylic acids is 1. The monoisotopic (exact) mass is 373 g/mol. The predicted octanol–water partition coefficient (Wildman–Crippen LogP) is 3.00. The SMILES string of the molecule is O=C([C@H]1CN(Cc2ccc(-c3ccccc3Cl)o2)CCN1)N1CCCC1. The first-order valence-corrected chi connectivity index (χ1v) is 9.66. The molecule has 0 spiro atoms. The van der Waals surface area contributed by atoms with E-state index in [1.54, 1.807) is 0 Å². The van der Waals surface area contributed by atoms with E-state index in [1.165, 1.54) is 0 Å². The third-order valence-corrected chi connectivity index (χ3v) is 5.49. The van der Waals surface area contributed by atoms with Gasteiger partial charge in [-0.3, -0.25) is 9.69 Å². The average molecular weight is 374 g/mol. The maximum atomic E-state index is 12.6. The molecule has 0 unspecified atom stereocenters. The molecule has 0 aliphatic carbocycles. The third kappa shape index (κ3) is 3.80. The van der Waals surface area contributed by atoms with Crippen LogP contribution in [0.5, 0.6) is 0 Å². The van der Waals surface area contributed by atoms with Crippen molar-refractivity contribution >= 4 is 17.5 Å². The molecular weight excluding hydrogens is 350 g/mol. The summed E-state index contributed by atoms with van der Waals surface area (Å²) in [5.41, 5.74) is 0.905. The molecule has 1 aromatic heterocycles. The van der Waals surface area contributed by atoms with Crippen LogP contribution >= 0.6 is 11.6 Å². The quantitative estimate of drug-likeness (QED) is 0.895. The lowest BCUT2D eigenvalue weighted by Gasteiger charge is -2.34. The van der Waals surface area contributed by atoms with E-state index in [1.807, 2.05) is 41.3 Å². The number of hydrogen-bond donors (Lipinski definition) is 1. The van der Waals surface area contributed by atoms with Crippen LogP contribution in [0.1, 0.15) is 18.6 Å². The summed E-state index contributed by atoms with van der Waals surface area (Å²) in [6.45, 7) is 4.95. The zero-order chi connectivity index (χ0) is 17.9. The number of carbonyl (C=O) groups is 1. The summed E-state index contributed by atoms with van der Waals surface area (Å²) in [6.07, 6.45) is 2.25. The number of halogens is 1. The number of nitrogens with zero attached hydrogens (tertiary/aromatic N) is 2. The van der Waals surface area contributed by atoms with E-state index in [9.17, 15) is 4.79 Å². The lowest BCUT2D eigenvalue weighted by molar-refractivity contribution is -0.133. The molecule has 2 aliphatic heterocycles. The van der Waals surface area contributed by atoms with Crippen LogP contribution in [0.3, 0.4) is 0 Å². The molecule has 2 fully saturated rings. The smallest absolute Gasteiger partial charge is 0.241 e. The summed E-state index contributed by atoms with van der Waals surface area (Å²) >= 11 is 6.26. The lowest BCUT2D eigenvalue weighted by atomic mass is 10.1. The van der Waals surface area contributed by atoms with Crippen LogP contribution in [0.15, 0.2) is 40.8 Å². The topological polar surface area (TPSA) is 48.7 Å². The van der Waals surface area contributed by atoms with Gasteiger partial charge in [-0.1, -0.05) is 23.7 Å². The number of amides is 1. The van der Waals surface area contributed by atoms with Gasteiger partial charge in [-0.15, -0.1) is 0 Å². The number of hydrogen-bond acceptors (Lipinski definition) is 4. The van der Waals surface area contributed by atoms with E-state index in [0.29, 0.717) is 11.6 Å². The first-order chi connectivity index (χ1) is 12.7. The molecule has 26 heavy (non-hydrogen) atoms. The average Bonchev–Trinajstić information content (AvgIpc) is 3.34. The fraction of sp³-hybridized carbons (Fsp3) is 0.450. The van der Waals surface area contributed by atoms with Crippen LogP contribution in [0.25, 0.3) is 11.3 Å². The number of piperazine rings is 1. The van der Waals surface area contributed by atoms with Crippen LogP contribution < -0.4 is 5.32 Å². The molecule has 1 aromatic carbocycles. The standard InChI is InChI=1S/C20H24ClN3O2/c21-17-6-2-1-5-16(17)19-8-7-15(26-19)13-23-12-9-22-18(14-23)20(25)24-10-3-4-11-24/h1-2,5-8,18,22H,3-4,9-14H2/t18-/m1/s1. The molecule has 5 nitrogen and oxygen atoms in total. The third-order valence-electron chi connectivity index (χ3n) is 5.16. The van der Waals surface area contributed by atoms with Crippen molar-refractivity contribution in [1.82, 2.24) is 15.1 Å². The second-order valence-corrected chi connectivity index (χ2v) is 7.43. The first-order valence-electron chi connectivity index (χ1n) is 9.29. The number of benzene rings is 1. The molecule has 1 amide bonds. The van der Waals surface area contributed by atoms with Crippen molar-refractivity contribution in [1.29, 1.82) is 0 Å². The highest BCUT2D eigenvalue weighted by Crippen LogP contribution is 2.29. The van der Waals surface area contributed by atoms with Gasteiger partial charge in [-0.05, 0) is 37.1 Å². The van der Waals surface area contributed by atoms with Gasteiger partial charge in [0.1, 0.15) is 11.5 Å². The van der Waals surface area contributed by atoms with E-state index in [-0.39, 0.29) is 11.9 Å². The Kier molecular flexibility index (Phi) is 5.29. The second-order valence-electron chi connectivity index (χ2n) is 7.02. The van der Waals surface area contributed by atoms with Crippen LogP contribution in [0, 0.1) is 0 Å². The first kappa shape index (κ1) is 17.6. The Morgan fingerprint density at radius 1 is 1.15 bits per heavy atom. The number of likely N-dealkylation sites (tertiary alicyclic amines) is 1. The molecule has 0 bridgehead atoms. The molecular formula is C20H24ClN3O2. The molecule has 138 valence electrons. The molecule has 1 N–H and O–H groups in total. The van der Waals surface area contributed by atoms with E-state index in [4.69, 9.17) is 16.0 Å². The summed E-state index contributed by atoms with van der Waals surface area (Å²) in [6, 6.07) is 11.5. The fourth-order valence-corrected chi connectivity index (χ4v) is 4.00.